The third kappa shape index (κ3) is 2.81. The van der Waals surface area contributed by atoms with Crippen LogP contribution >= 0.6 is 0 Å². The summed E-state index contributed by atoms with van der Waals surface area (Å²) in [5, 5.41) is 0. The highest BCUT2D eigenvalue weighted by Crippen LogP contribution is 2.28. The maximum atomic E-state index is 14.2. The molecular weight excluding hydrogens is 271 g/mol. The number of rotatable bonds is 2. The fourth-order valence-electron chi connectivity index (χ4n) is 2.63. The van der Waals surface area contributed by atoms with Crippen molar-refractivity contribution in [3.63, 3.8) is 0 Å². The Labute approximate surface area is 121 Å². The summed E-state index contributed by atoms with van der Waals surface area (Å²) in [6.45, 7) is 1.42. The lowest BCUT2D eigenvalue weighted by molar-refractivity contribution is 0.210. The summed E-state index contributed by atoms with van der Waals surface area (Å²) in [7, 11) is 0. The molecule has 3 rings (SSSR count). The van der Waals surface area contributed by atoms with Gasteiger partial charge in [-0.15, -0.1) is 0 Å². The van der Waals surface area contributed by atoms with Crippen LogP contribution in [0.5, 0.6) is 5.75 Å². The molecule has 0 bridgehead atoms. The third-order valence-electron chi connectivity index (χ3n) is 3.61. The second-order valence-electron chi connectivity index (χ2n) is 4.97. The number of carbonyl (C=O) groups is 1. The Hall–Kier alpha value is -2.56. The number of hydrogen-bond acceptors (Lipinski definition) is 3. The molecule has 2 aromatic carbocycles. The zero-order valence-electron chi connectivity index (χ0n) is 11.4. The molecule has 4 nitrogen and oxygen atoms in total. The van der Waals surface area contributed by atoms with Gasteiger partial charge in [-0.3, -0.25) is 0 Å². The number of nitrogens with zero attached hydrogens (tertiary/aromatic N) is 1. The van der Waals surface area contributed by atoms with E-state index in [4.69, 9.17) is 5.73 Å². The largest absolute Gasteiger partial charge is 0.410 e. The smallest absolute Gasteiger partial charge is 0.409 e. The zero-order chi connectivity index (χ0) is 14.8. The van der Waals surface area contributed by atoms with Crippen LogP contribution in [0, 0.1) is 5.82 Å². The molecule has 0 spiro atoms. The summed E-state index contributed by atoms with van der Waals surface area (Å²) in [6, 6.07) is 12.5. The highest BCUT2D eigenvalue weighted by atomic mass is 19.1. The van der Waals surface area contributed by atoms with Crippen molar-refractivity contribution in [2.75, 3.05) is 11.4 Å². The van der Waals surface area contributed by atoms with Crippen molar-refractivity contribution in [1.29, 1.82) is 0 Å². The van der Waals surface area contributed by atoms with Crippen LogP contribution in [0.25, 0.3) is 0 Å². The van der Waals surface area contributed by atoms with E-state index in [2.05, 4.69) is 16.9 Å². The van der Waals surface area contributed by atoms with Crippen molar-refractivity contribution in [2.45, 2.75) is 13.0 Å². The molecule has 0 unspecified atom stereocenters. The molecule has 108 valence electrons. The lowest BCUT2D eigenvalue weighted by Gasteiger charge is -2.31. The lowest BCUT2D eigenvalue weighted by atomic mass is 9.99. The molecule has 1 amide bonds. The van der Waals surface area contributed by atoms with E-state index in [1.54, 1.807) is 12.1 Å². The lowest BCUT2D eigenvalue weighted by Crippen LogP contribution is -2.31. The normalized spacial score (nSPS) is 13.7. The van der Waals surface area contributed by atoms with Crippen molar-refractivity contribution in [2.24, 2.45) is 5.73 Å². The van der Waals surface area contributed by atoms with Crippen molar-refractivity contribution < 1.29 is 13.9 Å². The molecule has 0 radical (unpaired) electrons. The maximum absolute atomic E-state index is 14.2. The Morgan fingerprint density at radius 3 is 2.67 bits per heavy atom. The Morgan fingerprint density at radius 2 is 1.95 bits per heavy atom. The molecule has 1 aliphatic heterocycles. The first kappa shape index (κ1) is 13.4. The number of anilines is 1. The summed E-state index contributed by atoms with van der Waals surface area (Å²) in [5.74, 6) is -0.311. The summed E-state index contributed by atoms with van der Waals surface area (Å²) >= 11 is 0. The Balaban J connectivity index is 1.83. The molecular formula is C16H15FN2O2. The quantitative estimate of drug-likeness (QED) is 0.923. The van der Waals surface area contributed by atoms with Crippen LogP contribution in [-0.2, 0) is 13.0 Å². The number of halogens is 1. The van der Waals surface area contributed by atoms with E-state index in [0.29, 0.717) is 12.2 Å². The number of fused-ring (bicyclic) bond motifs is 1. The summed E-state index contributed by atoms with van der Waals surface area (Å²) in [6.07, 6.45) is -0.0659. The summed E-state index contributed by atoms with van der Waals surface area (Å²) < 4.78 is 18.9. The van der Waals surface area contributed by atoms with Gasteiger partial charge in [-0.05, 0) is 29.7 Å². The van der Waals surface area contributed by atoms with Crippen LogP contribution in [0.2, 0.25) is 0 Å². The van der Waals surface area contributed by atoms with Gasteiger partial charge in [0, 0.05) is 19.2 Å². The number of primary amides is 1. The van der Waals surface area contributed by atoms with E-state index in [-0.39, 0.29) is 5.75 Å². The van der Waals surface area contributed by atoms with E-state index in [0.717, 1.165) is 13.0 Å². The van der Waals surface area contributed by atoms with Gasteiger partial charge in [-0.2, -0.15) is 0 Å². The molecule has 5 heteroatoms. The van der Waals surface area contributed by atoms with Crippen LogP contribution in [0.15, 0.2) is 42.5 Å². The summed E-state index contributed by atoms with van der Waals surface area (Å²) in [5.41, 5.74) is 7.93. The highest BCUT2D eigenvalue weighted by Gasteiger charge is 2.19. The first-order chi connectivity index (χ1) is 10.1. The van der Waals surface area contributed by atoms with Gasteiger partial charge < -0.3 is 15.4 Å². The van der Waals surface area contributed by atoms with Crippen LogP contribution in [0.3, 0.4) is 0 Å². The predicted molar refractivity (Wildman–Crippen MR) is 77.8 cm³/mol. The zero-order valence-corrected chi connectivity index (χ0v) is 11.4. The van der Waals surface area contributed by atoms with Gasteiger partial charge in [0.25, 0.3) is 0 Å². The van der Waals surface area contributed by atoms with E-state index in [1.165, 1.54) is 17.2 Å². The van der Waals surface area contributed by atoms with Crippen molar-refractivity contribution >= 4 is 11.8 Å². The number of carbonyl (C=O) groups excluding carboxylic acids is 1. The van der Waals surface area contributed by atoms with Gasteiger partial charge in [-0.25, -0.2) is 9.18 Å². The van der Waals surface area contributed by atoms with Crippen LogP contribution in [0.4, 0.5) is 14.9 Å². The Morgan fingerprint density at radius 1 is 1.19 bits per heavy atom. The molecule has 2 N–H and O–H groups in total. The van der Waals surface area contributed by atoms with Gasteiger partial charge in [-0.1, -0.05) is 24.3 Å². The Bertz CT molecular complexity index is 688. The van der Waals surface area contributed by atoms with E-state index >= 15 is 0 Å². The van der Waals surface area contributed by atoms with Gasteiger partial charge >= 0.3 is 6.09 Å². The standard InChI is InChI=1S/C16H15FN2O2/c17-14-9-13(21-16(18)20)5-6-15(14)19-8-7-11-3-1-2-4-12(11)10-19/h1-6,9H,7-8,10H2,(H2,18,20). The second kappa shape index (κ2) is 5.44. The average Bonchev–Trinajstić information content (AvgIpc) is 2.46. The molecule has 0 aliphatic carbocycles. The third-order valence-corrected chi connectivity index (χ3v) is 3.61. The van der Waals surface area contributed by atoms with Crippen molar-refractivity contribution in [3.8, 4) is 5.75 Å². The minimum atomic E-state index is -0.950. The molecule has 0 fully saturated rings. The van der Waals surface area contributed by atoms with Gasteiger partial charge in [0.1, 0.15) is 11.6 Å². The fourth-order valence-corrected chi connectivity index (χ4v) is 2.63. The van der Waals surface area contributed by atoms with E-state index in [1.807, 2.05) is 17.0 Å². The SMILES string of the molecule is NC(=O)Oc1ccc(N2CCc3ccccc3C2)c(F)c1. The second-order valence-corrected chi connectivity index (χ2v) is 4.97. The maximum Gasteiger partial charge on any atom is 0.409 e. The number of ether oxygens (including phenoxy) is 1. The molecule has 0 atom stereocenters. The van der Waals surface area contributed by atoms with Crippen molar-refractivity contribution in [3.05, 3.63) is 59.4 Å². The van der Waals surface area contributed by atoms with Gasteiger partial charge in [0.2, 0.25) is 0 Å². The molecule has 2 aromatic rings. The van der Waals surface area contributed by atoms with Gasteiger partial charge in [0.05, 0.1) is 5.69 Å². The average molecular weight is 286 g/mol. The number of nitrogens with two attached hydrogens (primary N) is 1. The minimum absolute atomic E-state index is 0.112. The van der Waals surface area contributed by atoms with E-state index < -0.39 is 11.9 Å². The first-order valence-corrected chi connectivity index (χ1v) is 6.72. The topological polar surface area (TPSA) is 55.6 Å². The number of benzene rings is 2. The molecule has 0 aromatic heterocycles. The molecule has 0 saturated heterocycles. The predicted octanol–water partition coefficient (Wildman–Crippen LogP) is 2.85. The molecule has 0 saturated carbocycles. The number of amides is 1. The summed E-state index contributed by atoms with van der Waals surface area (Å²) in [4.78, 5) is 12.6. The Kier molecular flexibility index (Phi) is 3.48. The van der Waals surface area contributed by atoms with Crippen LogP contribution < -0.4 is 15.4 Å². The number of hydrogen-bond donors (Lipinski definition) is 1. The highest BCUT2D eigenvalue weighted by molar-refractivity contribution is 5.68. The molecule has 1 aliphatic rings. The van der Waals surface area contributed by atoms with E-state index in [9.17, 15) is 9.18 Å². The fraction of sp³-hybridized carbons (Fsp3) is 0.188. The van der Waals surface area contributed by atoms with Gasteiger partial charge in [0.15, 0.2) is 0 Å². The monoisotopic (exact) mass is 286 g/mol. The molecule has 1 heterocycles. The van der Waals surface area contributed by atoms with Crippen LogP contribution in [0.1, 0.15) is 11.1 Å². The first-order valence-electron chi connectivity index (χ1n) is 6.72. The minimum Gasteiger partial charge on any atom is -0.410 e. The van der Waals surface area contributed by atoms with Crippen LogP contribution in [-0.4, -0.2) is 12.6 Å². The molecule has 21 heavy (non-hydrogen) atoms. The van der Waals surface area contributed by atoms with Crippen molar-refractivity contribution in [1.82, 2.24) is 0 Å².